The average molecular weight is 369 g/mol. The molecule has 23 heavy (non-hydrogen) atoms. The minimum atomic E-state index is -3.32. The molecule has 0 amide bonds. The van der Waals surface area contributed by atoms with E-state index in [2.05, 4.69) is 13.0 Å². The molecule has 0 radical (unpaired) electrons. The molecule has 5 heteroatoms. The Kier molecular flexibility index (Phi) is 5.19. The zero-order chi connectivity index (χ0) is 16.5. The minimum Gasteiger partial charge on any atom is -0.223 e. The predicted octanol–water partition coefficient (Wildman–Crippen LogP) is 4.77. The predicted molar refractivity (Wildman–Crippen MR) is 102 cm³/mol. The molecule has 1 saturated heterocycles. The second-order valence-electron chi connectivity index (χ2n) is 6.43. The molecular formula is C18H24O2S3. The number of hydrogen-bond donors (Lipinski definition) is 0. The first kappa shape index (κ1) is 17.4. The van der Waals surface area contributed by atoms with E-state index in [0.29, 0.717) is 4.90 Å². The quantitative estimate of drug-likeness (QED) is 0.717. The first-order valence-corrected chi connectivity index (χ1v) is 11.8. The summed E-state index contributed by atoms with van der Waals surface area (Å²) in [7, 11) is -3.32. The first-order chi connectivity index (χ1) is 11.0. The van der Waals surface area contributed by atoms with E-state index in [1.54, 1.807) is 12.1 Å². The molecule has 2 atom stereocenters. The fourth-order valence-corrected chi connectivity index (χ4v) is 9.40. The monoisotopic (exact) mass is 368 g/mol. The summed E-state index contributed by atoms with van der Waals surface area (Å²) in [6.07, 6.45) is 5.24. The molecule has 1 spiro atoms. The lowest BCUT2D eigenvalue weighted by molar-refractivity contribution is 0.418. The van der Waals surface area contributed by atoms with Gasteiger partial charge in [0.1, 0.15) is 0 Å². The lowest BCUT2D eigenvalue weighted by atomic mass is 9.85. The van der Waals surface area contributed by atoms with Crippen molar-refractivity contribution < 1.29 is 8.42 Å². The van der Waals surface area contributed by atoms with Crippen LogP contribution in [-0.2, 0) is 9.84 Å². The van der Waals surface area contributed by atoms with Crippen LogP contribution in [-0.4, -0.2) is 29.3 Å². The van der Waals surface area contributed by atoms with Gasteiger partial charge in [0, 0.05) is 11.5 Å². The molecule has 0 saturated carbocycles. The number of benzene rings is 1. The topological polar surface area (TPSA) is 34.1 Å². The second-order valence-corrected chi connectivity index (χ2v) is 11.6. The lowest BCUT2D eigenvalue weighted by Crippen LogP contribution is -2.39. The molecule has 0 bridgehead atoms. The van der Waals surface area contributed by atoms with Crippen LogP contribution in [0.5, 0.6) is 0 Å². The van der Waals surface area contributed by atoms with Crippen molar-refractivity contribution in [2.75, 3.05) is 11.5 Å². The Morgan fingerprint density at radius 2 is 1.83 bits per heavy atom. The van der Waals surface area contributed by atoms with Crippen LogP contribution < -0.4 is 0 Å². The van der Waals surface area contributed by atoms with Gasteiger partial charge in [0.05, 0.1) is 14.2 Å². The molecule has 0 aromatic heterocycles. The van der Waals surface area contributed by atoms with E-state index in [0.717, 1.165) is 24.8 Å². The van der Waals surface area contributed by atoms with Gasteiger partial charge in [-0.15, -0.1) is 23.5 Å². The summed E-state index contributed by atoms with van der Waals surface area (Å²) < 4.78 is 26.6. The van der Waals surface area contributed by atoms with E-state index in [1.165, 1.54) is 11.5 Å². The van der Waals surface area contributed by atoms with Crippen LogP contribution in [0.3, 0.4) is 0 Å². The Morgan fingerprint density at radius 3 is 2.43 bits per heavy atom. The van der Waals surface area contributed by atoms with Crippen molar-refractivity contribution in [3.63, 3.8) is 0 Å². The Morgan fingerprint density at radius 1 is 1.17 bits per heavy atom. The molecule has 0 N–H and O–H groups in total. The van der Waals surface area contributed by atoms with Crippen molar-refractivity contribution in [1.82, 2.24) is 0 Å². The Labute approximate surface area is 148 Å². The summed E-state index contributed by atoms with van der Waals surface area (Å²) >= 11 is 4.00. The van der Waals surface area contributed by atoms with Crippen molar-refractivity contribution in [2.45, 2.75) is 47.3 Å². The Balaban J connectivity index is 2.02. The molecule has 2 aliphatic rings. The summed E-state index contributed by atoms with van der Waals surface area (Å²) in [6.45, 7) is 4.18. The molecular weight excluding hydrogens is 344 g/mol. The maximum Gasteiger partial charge on any atom is 0.185 e. The van der Waals surface area contributed by atoms with E-state index in [9.17, 15) is 8.42 Å². The van der Waals surface area contributed by atoms with Crippen molar-refractivity contribution in [3.8, 4) is 0 Å². The molecule has 1 heterocycles. The SMILES string of the molecule is CCC[C@@H]1CC2(C=C(C)[C@H]1S(=O)(=O)c1ccccc1)SCCS2. The summed E-state index contributed by atoms with van der Waals surface area (Å²) in [5, 5.41) is -0.364. The standard InChI is InChI=1S/C18H24O2S3/c1-3-7-15-13-18(21-10-11-22-18)12-14(2)17(15)23(19,20)16-8-5-4-6-9-16/h4-6,8-9,12,15,17H,3,7,10-11,13H2,1-2H3/t15-,17-/m1/s1. The molecule has 3 rings (SSSR count). The van der Waals surface area contributed by atoms with Gasteiger partial charge in [0.15, 0.2) is 9.84 Å². The van der Waals surface area contributed by atoms with Gasteiger partial charge in [-0.1, -0.05) is 43.2 Å². The number of rotatable bonds is 4. The summed E-state index contributed by atoms with van der Waals surface area (Å²) in [4.78, 5) is 0.460. The van der Waals surface area contributed by atoms with Crippen molar-refractivity contribution >= 4 is 33.4 Å². The van der Waals surface area contributed by atoms with Gasteiger partial charge in [-0.05, 0) is 37.8 Å². The summed E-state index contributed by atoms with van der Waals surface area (Å²) in [5.74, 6) is 2.56. The summed E-state index contributed by atoms with van der Waals surface area (Å²) in [6, 6.07) is 8.96. The molecule has 126 valence electrons. The molecule has 1 aromatic rings. The lowest BCUT2D eigenvalue weighted by Gasteiger charge is -2.39. The van der Waals surface area contributed by atoms with Gasteiger partial charge < -0.3 is 0 Å². The van der Waals surface area contributed by atoms with Crippen molar-refractivity contribution in [1.29, 1.82) is 0 Å². The average Bonchev–Trinajstić information content (AvgIpc) is 2.95. The van der Waals surface area contributed by atoms with Crippen LogP contribution >= 0.6 is 23.5 Å². The zero-order valence-electron chi connectivity index (χ0n) is 13.7. The van der Waals surface area contributed by atoms with E-state index in [1.807, 2.05) is 48.6 Å². The van der Waals surface area contributed by atoms with E-state index < -0.39 is 9.84 Å². The smallest absolute Gasteiger partial charge is 0.185 e. The minimum absolute atomic E-state index is 0.118. The third-order valence-electron chi connectivity index (χ3n) is 4.71. The highest BCUT2D eigenvalue weighted by molar-refractivity contribution is 8.21. The number of hydrogen-bond acceptors (Lipinski definition) is 4. The highest BCUT2D eigenvalue weighted by Crippen LogP contribution is 2.54. The maximum atomic E-state index is 13.2. The van der Waals surface area contributed by atoms with Gasteiger partial charge in [-0.3, -0.25) is 0 Å². The molecule has 1 aromatic carbocycles. The van der Waals surface area contributed by atoms with E-state index >= 15 is 0 Å². The largest absolute Gasteiger partial charge is 0.223 e. The first-order valence-electron chi connectivity index (χ1n) is 8.25. The van der Waals surface area contributed by atoms with Crippen molar-refractivity contribution in [2.24, 2.45) is 5.92 Å². The third kappa shape index (κ3) is 3.38. The molecule has 0 unspecified atom stereocenters. The van der Waals surface area contributed by atoms with Crippen LogP contribution in [0.4, 0.5) is 0 Å². The molecule has 1 aliphatic carbocycles. The van der Waals surface area contributed by atoms with Crippen LogP contribution in [0, 0.1) is 5.92 Å². The van der Waals surface area contributed by atoms with Gasteiger partial charge in [-0.25, -0.2) is 8.42 Å². The Bertz CT molecular complexity index is 673. The van der Waals surface area contributed by atoms with Crippen LogP contribution in [0.1, 0.15) is 33.1 Å². The van der Waals surface area contributed by atoms with E-state index in [4.69, 9.17) is 0 Å². The van der Waals surface area contributed by atoms with Crippen LogP contribution in [0.2, 0.25) is 0 Å². The van der Waals surface area contributed by atoms with Gasteiger partial charge in [0.25, 0.3) is 0 Å². The van der Waals surface area contributed by atoms with Crippen molar-refractivity contribution in [3.05, 3.63) is 42.0 Å². The maximum absolute atomic E-state index is 13.2. The second kappa shape index (κ2) is 6.85. The highest BCUT2D eigenvalue weighted by Gasteiger charge is 2.46. The zero-order valence-corrected chi connectivity index (χ0v) is 16.1. The molecule has 2 nitrogen and oxygen atoms in total. The third-order valence-corrected chi connectivity index (χ3v) is 10.4. The van der Waals surface area contributed by atoms with Gasteiger partial charge >= 0.3 is 0 Å². The number of thioether (sulfide) groups is 2. The van der Waals surface area contributed by atoms with E-state index in [-0.39, 0.29) is 15.2 Å². The van der Waals surface area contributed by atoms with Gasteiger partial charge in [-0.2, -0.15) is 0 Å². The Hall–Kier alpha value is -0.390. The summed E-state index contributed by atoms with van der Waals surface area (Å²) in [5.41, 5.74) is 1.04. The molecule has 1 fully saturated rings. The van der Waals surface area contributed by atoms with Crippen LogP contribution in [0.15, 0.2) is 46.9 Å². The normalized spacial score (nSPS) is 27.1. The number of sulfone groups is 1. The molecule has 1 aliphatic heterocycles. The highest BCUT2D eigenvalue weighted by atomic mass is 32.2. The van der Waals surface area contributed by atoms with Crippen LogP contribution in [0.25, 0.3) is 0 Å². The fraction of sp³-hybridized carbons (Fsp3) is 0.556. The fourth-order valence-electron chi connectivity index (χ4n) is 3.88. The van der Waals surface area contributed by atoms with Gasteiger partial charge in [0.2, 0.25) is 0 Å².